The number of nitrogens with two attached hydrogens (primary N) is 1. The molecule has 0 unspecified atom stereocenters. The average Bonchev–Trinajstić information content (AvgIpc) is 2.61. The number of amides is 3. The van der Waals surface area contributed by atoms with E-state index >= 15 is 0 Å². The summed E-state index contributed by atoms with van der Waals surface area (Å²) in [4.78, 5) is 22.9. The number of hydrogen-bond acceptors (Lipinski definition) is 3. The van der Waals surface area contributed by atoms with Crippen molar-refractivity contribution in [3.05, 3.63) is 59.7 Å². The molecule has 0 fully saturated rings. The Morgan fingerprint density at radius 2 is 1.63 bits per heavy atom. The lowest BCUT2D eigenvalue weighted by Gasteiger charge is -2.19. The van der Waals surface area contributed by atoms with Crippen LogP contribution in [0, 0.1) is 0 Å². The predicted octanol–water partition coefficient (Wildman–Crippen LogP) is 3.67. The minimum absolute atomic E-state index is 0.121. The molecule has 0 aliphatic carbocycles. The zero-order chi connectivity index (χ0) is 19.9. The fraction of sp³-hybridized carbons (Fsp3) is 0.333. The number of anilines is 1. The molecule has 2 rings (SSSR count). The fourth-order valence-corrected chi connectivity index (χ4v) is 2.41. The third-order valence-corrected chi connectivity index (χ3v) is 4.02. The highest BCUT2D eigenvalue weighted by atomic mass is 16.5. The second-order valence-electron chi connectivity index (χ2n) is 7.30. The number of urea groups is 1. The Balaban J connectivity index is 1.66. The summed E-state index contributed by atoms with van der Waals surface area (Å²) < 4.78 is 5.69. The fourth-order valence-electron chi connectivity index (χ4n) is 2.41. The first-order chi connectivity index (χ1) is 12.8. The van der Waals surface area contributed by atoms with Gasteiger partial charge in [-0.3, -0.25) is 4.79 Å². The summed E-state index contributed by atoms with van der Waals surface area (Å²) in [5.41, 5.74) is 7.55. The van der Waals surface area contributed by atoms with Crippen LogP contribution in [0.5, 0.6) is 5.75 Å². The summed E-state index contributed by atoms with van der Waals surface area (Å²) in [5.74, 6) is 0.320. The number of carbonyl (C=O) groups excluding carboxylic acids is 2. The van der Waals surface area contributed by atoms with Gasteiger partial charge in [-0.25, -0.2) is 4.79 Å². The van der Waals surface area contributed by atoms with E-state index in [1.54, 1.807) is 24.3 Å². The van der Waals surface area contributed by atoms with Gasteiger partial charge in [-0.2, -0.15) is 0 Å². The molecule has 3 amide bonds. The van der Waals surface area contributed by atoms with Crippen LogP contribution in [0.25, 0.3) is 0 Å². The molecule has 6 heteroatoms. The van der Waals surface area contributed by atoms with Crippen LogP contribution in [0.4, 0.5) is 10.5 Å². The summed E-state index contributed by atoms with van der Waals surface area (Å²) in [6.07, 6.45) is 0.690. The normalized spacial score (nSPS) is 10.9. The molecule has 6 nitrogen and oxygen atoms in total. The van der Waals surface area contributed by atoms with E-state index in [1.165, 1.54) is 5.56 Å². The van der Waals surface area contributed by atoms with Gasteiger partial charge >= 0.3 is 6.03 Å². The minimum Gasteiger partial charge on any atom is -0.494 e. The van der Waals surface area contributed by atoms with Crippen LogP contribution in [0.1, 0.15) is 43.1 Å². The molecule has 0 aliphatic heterocycles. The van der Waals surface area contributed by atoms with Crippen molar-refractivity contribution in [2.45, 2.75) is 32.6 Å². The molecule has 0 atom stereocenters. The van der Waals surface area contributed by atoms with Gasteiger partial charge in [0.15, 0.2) is 0 Å². The molecular weight excluding hydrogens is 342 g/mol. The third-order valence-electron chi connectivity index (χ3n) is 4.02. The van der Waals surface area contributed by atoms with Gasteiger partial charge in [0.1, 0.15) is 5.75 Å². The molecule has 0 aliphatic rings. The number of primary amides is 1. The molecule has 0 heterocycles. The molecule has 4 N–H and O–H groups in total. The first kappa shape index (κ1) is 20.3. The minimum atomic E-state index is -0.501. The van der Waals surface area contributed by atoms with Crippen molar-refractivity contribution in [1.82, 2.24) is 5.32 Å². The zero-order valence-corrected chi connectivity index (χ0v) is 16.0. The monoisotopic (exact) mass is 369 g/mol. The van der Waals surface area contributed by atoms with Gasteiger partial charge in [0.25, 0.3) is 0 Å². The van der Waals surface area contributed by atoms with E-state index in [4.69, 9.17) is 10.5 Å². The summed E-state index contributed by atoms with van der Waals surface area (Å²) in [6, 6.07) is 14.2. The highest BCUT2D eigenvalue weighted by Gasteiger charge is 2.12. The maximum atomic E-state index is 11.8. The van der Waals surface area contributed by atoms with Crippen LogP contribution in [-0.2, 0) is 5.41 Å². The van der Waals surface area contributed by atoms with E-state index in [1.807, 2.05) is 12.1 Å². The van der Waals surface area contributed by atoms with Gasteiger partial charge in [-0.1, -0.05) is 32.9 Å². The Morgan fingerprint density at radius 1 is 1.00 bits per heavy atom. The van der Waals surface area contributed by atoms with Crippen molar-refractivity contribution >= 4 is 17.6 Å². The molecule has 0 spiro atoms. The van der Waals surface area contributed by atoms with Crippen molar-refractivity contribution in [3.63, 3.8) is 0 Å². The van der Waals surface area contributed by atoms with Crippen molar-refractivity contribution in [2.75, 3.05) is 18.5 Å². The third kappa shape index (κ3) is 6.66. The number of rotatable bonds is 7. The van der Waals surface area contributed by atoms with Crippen LogP contribution >= 0.6 is 0 Å². The van der Waals surface area contributed by atoms with Gasteiger partial charge < -0.3 is 21.1 Å². The number of ether oxygens (including phenoxy) is 1. The average molecular weight is 369 g/mol. The maximum Gasteiger partial charge on any atom is 0.319 e. The number of hydrogen-bond donors (Lipinski definition) is 3. The Kier molecular flexibility index (Phi) is 6.82. The Morgan fingerprint density at radius 3 is 2.19 bits per heavy atom. The lowest BCUT2D eigenvalue weighted by Crippen LogP contribution is -2.30. The predicted molar refractivity (Wildman–Crippen MR) is 107 cm³/mol. The molecule has 0 saturated heterocycles. The standard InChI is InChI=1S/C21H27N3O3/c1-21(2,3)16-7-11-18(12-8-16)27-14-4-13-23-20(26)24-17-9-5-15(6-10-17)19(22)25/h5-12H,4,13-14H2,1-3H3,(H2,22,25)(H2,23,24,26). The molecule has 2 aromatic rings. The highest BCUT2D eigenvalue weighted by Crippen LogP contribution is 2.24. The molecule has 144 valence electrons. The van der Waals surface area contributed by atoms with Gasteiger partial charge in [-0.15, -0.1) is 0 Å². The topological polar surface area (TPSA) is 93.4 Å². The second kappa shape index (κ2) is 9.07. The highest BCUT2D eigenvalue weighted by molar-refractivity contribution is 5.94. The second-order valence-corrected chi connectivity index (χ2v) is 7.30. The molecular formula is C21H27N3O3. The van der Waals surface area contributed by atoms with Crippen LogP contribution in [0.15, 0.2) is 48.5 Å². The largest absolute Gasteiger partial charge is 0.494 e. The SMILES string of the molecule is CC(C)(C)c1ccc(OCCCNC(=O)Nc2ccc(C(N)=O)cc2)cc1. The molecule has 0 radical (unpaired) electrons. The van der Waals surface area contributed by atoms with E-state index in [0.29, 0.717) is 30.8 Å². The van der Waals surface area contributed by atoms with Gasteiger partial charge in [0.2, 0.25) is 5.91 Å². The first-order valence-electron chi connectivity index (χ1n) is 8.94. The number of carbonyl (C=O) groups is 2. The molecule has 0 saturated carbocycles. The van der Waals surface area contributed by atoms with Crippen molar-refractivity contribution in [1.29, 1.82) is 0 Å². The van der Waals surface area contributed by atoms with Gasteiger partial charge in [0.05, 0.1) is 6.61 Å². The van der Waals surface area contributed by atoms with Crippen LogP contribution in [0.2, 0.25) is 0 Å². The van der Waals surface area contributed by atoms with E-state index < -0.39 is 5.91 Å². The van der Waals surface area contributed by atoms with E-state index in [0.717, 1.165) is 5.75 Å². The van der Waals surface area contributed by atoms with Crippen molar-refractivity contribution in [3.8, 4) is 5.75 Å². The Labute approximate surface area is 160 Å². The Hall–Kier alpha value is -3.02. The van der Waals surface area contributed by atoms with Crippen LogP contribution < -0.4 is 21.1 Å². The first-order valence-corrected chi connectivity index (χ1v) is 8.94. The van der Waals surface area contributed by atoms with Gasteiger partial charge in [0, 0.05) is 17.8 Å². The van der Waals surface area contributed by atoms with Crippen molar-refractivity contribution < 1.29 is 14.3 Å². The van der Waals surface area contributed by atoms with E-state index in [9.17, 15) is 9.59 Å². The smallest absolute Gasteiger partial charge is 0.319 e. The number of nitrogens with one attached hydrogen (secondary N) is 2. The summed E-state index contributed by atoms with van der Waals surface area (Å²) >= 11 is 0. The Bertz CT molecular complexity index is 763. The van der Waals surface area contributed by atoms with E-state index in [-0.39, 0.29) is 11.4 Å². The van der Waals surface area contributed by atoms with E-state index in [2.05, 4.69) is 43.5 Å². The number of benzene rings is 2. The zero-order valence-electron chi connectivity index (χ0n) is 16.0. The summed E-state index contributed by atoms with van der Waals surface area (Å²) in [6.45, 7) is 7.52. The quantitative estimate of drug-likeness (QED) is 0.650. The lowest BCUT2D eigenvalue weighted by atomic mass is 9.87. The molecule has 27 heavy (non-hydrogen) atoms. The maximum absolute atomic E-state index is 11.8. The van der Waals surface area contributed by atoms with Crippen molar-refractivity contribution in [2.24, 2.45) is 5.73 Å². The molecule has 0 bridgehead atoms. The van der Waals surface area contributed by atoms with Crippen LogP contribution in [0.3, 0.4) is 0 Å². The summed E-state index contributed by atoms with van der Waals surface area (Å²) in [5, 5.41) is 5.46. The summed E-state index contributed by atoms with van der Waals surface area (Å²) in [7, 11) is 0. The van der Waals surface area contributed by atoms with Crippen LogP contribution in [-0.4, -0.2) is 25.1 Å². The molecule has 0 aromatic heterocycles. The lowest BCUT2D eigenvalue weighted by molar-refractivity contribution is 0.100. The molecule has 2 aromatic carbocycles. The van der Waals surface area contributed by atoms with Gasteiger partial charge in [-0.05, 0) is 53.8 Å².